The van der Waals surface area contributed by atoms with Crippen LogP contribution in [0.2, 0.25) is 0 Å². The topological polar surface area (TPSA) is 171 Å². The highest BCUT2D eigenvalue weighted by atomic mass is 32.1. The molecular weight excluding hydrogens is 436 g/mol. The van der Waals surface area contributed by atoms with Crippen molar-refractivity contribution in [2.75, 3.05) is 5.75 Å². The standard InChI is InChI=1S/C21H32N4O6S/c1-11(2)16(24-18(27)14(22)9-13-7-5-4-6-8-13)20(29)23-15(10-32)19(28)25-17(12(3)26)21(30)31/h4-8,11-12,14-17,26,32H,9-10,22H2,1-3H3,(H,23,29)(H,24,27)(H,25,28)(H,30,31). The zero-order chi connectivity index (χ0) is 24.4. The number of carbonyl (C=O) groups excluding carboxylic acids is 3. The highest BCUT2D eigenvalue weighted by Crippen LogP contribution is 2.06. The van der Waals surface area contributed by atoms with E-state index in [1.54, 1.807) is 13.8 Å². The number of aliphatic hydroxyl groups excluding tert-OH is 1. The van der Waals surface area contributed by atoms with Gasteiger partial charge >= 0.3 is 5.97 Å². The Morgan fingerprint density at radius 2 is 1.50 bits per heavy atom. The van der Waals surface area contributed by atoms with Crippen LogP contribution in [-0.4, -0.2) is 69.9 Å². The number of hydrogen-bond donors (Lipinski definition) is 7. The number of carboxylic acid groups (broad SMARTS) is 1. The molecule has 11 heteroatoms. The van der Waals surface area contributed by atoms with Crippen LogP contribution in [0.5, 0.6) is 0 Å². The molecule has 0 saturated carbocycles. The predicted molar refractivity (Wildman–Crippen MR) is 122 cm³/mol. The Morgan fingerprint density at radius 1 is 0.938 bits per heavy atom. The Labute approximate surface area is 192 Å². The van der Waals surface area contributed by atoms with Crippen molar-refractivity contribution in [3.05, 3.63) is 35.9 Å². The average molecular weight is 469 g/mol. The maximum atomic E-state index is 12.8. The molecule has 1 aromatic rings. The SMILES string of the molecule is CC(C)C(NC(=O)C(N)Cc1ccccc1)C(=O)NC(CS)C(=O)NC(C(=O)O)C(C)O. The van der Waals surface area contributed by atoms with Gasteiger partial charge < -0.3 is 31.9 Å². The minimum absolute atomic E-state index is 0.129. The first-order valence-corrected chi connectivity index (χ1v) is 10.8. The number of aliphatic hydroxyl groups is 1. The van der Waals surface area contributed by atoms with Crippen molar-refractivity contribution < 1.29 is 29.4 Å². The van der Waals surface area contributed by atoms with Gasteiger partial charge in [-0.3, -0.25) is 14.4 Å². The summed E-state index contributed by atoms with van der Waals surface area (Å²) in [5.41, 5.74) is 6.86. The van der Waals surface area contributed by atoms with Gasteiger partial charge in [-0.1, -0.05) is 44.2 Å². The summed E-state index contributed by atoms with van der Waals surface area (Å²) in [6.07, 6.45) is -1.06. The first kappa shape index (κ1) is 27.4. The summed E-state index contributed by atoms with van der Waals surface area (Å²) in [7, 11) is 0. The van der Waals surface area contributed by atoms with E-state index in [1.165, 1.54) is 6.92 Å². The Bertz CT molecular complexity index is 790. The number of rotatable bonds is 12. The smallest absolute Gasteiger partial charge is 0.328 e. The summed E-state index contributed by atoms with van der Waals surface area (Å²) in [4.78, 5) is 48.9. The summed E-state index contributed by atoms with van der Waals surface area (Å²) >= 11 is 4.04. The first-order chi connectivity index (χ1) is 15.0. The fourth-order valence-electron chi connectivity index (χ4n) is 2.85. The van der Waals surface area contributed by atoms with Crippen LogP contribution in [0.1, 0.15) is 26.3 Å². The van der Waals surface area contributed by atoms with Crippen molar-refractivity contribution in [1.82, 2.24) is 16.0 Å². The molecule has 32 heavy (non-hydrogen) atoms. The highest BCUT2D eigenvalue weighted by Gasteiger charge is 2.32. The van der Waals surface area contributed by atoms with Crippen molar-refractivity contribution in [2.45, 2.75) is 57.5 Å². The van der Waals surface area contributed by atoms with Gasteiger partial charge in [0.15, 0.2) is 6.04 Å². The van der Waals surface area contributed by atoms with Crippen LogP contribution in [0, 0.1) is 5.92 Å². The molecule has 0 heterocycles. The van der Waals surface area contributed by atoms with Gasteiger partial charge in [0.1, 0.15) is 12.1 Å². The van der Waals surface area contributed by atoms with E-state index >= 15 is 0 Å². The van der Waals surface area contributed by atoms with E-state index in [2.05, 4.69) is 28.6 Å². The number of amides is 3. The second-order valence-electron chi connectivity index (χ2n) is 7.84. The summed E-state index contributed by atoms with van der Waals surface area (Å²) in [5.74, 6) is -3.85. The molecule has 0 fully saturated rings. The van der Waals surface area contributed by atoms with Gasteiger partial charge in [0.2, 0.25) is 17.7 Å². The highest BCUT2D eigenvalue weighted by molar-refractivity contribution is 7.80. The fourth-order valence-corrected chi connectivity index (χ4v) is 3.11. The Morgan fingerprint density at radius 3 is 1.97 bits per heavy atom. The van der Waals surface area contributed by atoms with Crippen molar-refractivity contribution in [2.24, 2.45) is 11.7 Å². The van der Waals surface area contributed by atoms with Crippen molar-refractivity contribution in [1.29, 1.82) is 0 Å². The Kier molecular flexibility index (Phi) is 11.2. The fraction of sp³-hybridized carbons (Fsp3) is 0.524. The van der Waals surface area contributed by atoms with Crippen LogP contribution < -0.4 is 21.7 Å². The number of benzene rings is 1. The zero-order valence-corrected chi connectivity index (χ0v) is 19.2. The number of nitrogens with one attached hydrogen (secondary N) is 3. The molecule has 5 atom stereocenters. The first-order valence-electron chi connectivity index (χ1n) is 10.2. The third kappa shape index (κ3) is 8.48. The average Bonchev–Trinajstić information content (AvgIpc) is 2.73. The molecule has 1 aromatic carbocycles. The van der Waals surface area contributed by atoms with Crippen LogP contribution in [0.3, 0.4) is 0 Å². The van der Waals surface area contributed by atoms with Gasteiger partial charge in [0, 0.05) is 5.75 Å². The minimum atomic E-state index is -1.54. The molecule has 0 bridgehead atoms. The van der Waals surface area contributed by atoms with E-state index in [9.17, 15) is 24.3 Å². The van der Waals surface area contributed by atoms with E-state index in [0.29, 0.717) is 0 Å². The lowest BCUT2D eigenvalue weighted by Crippen LogP contribution is -2.59. The number of carbonyl (C=O) groups is 4. The maximum Gasteiger partial charge on any atom is 0.328 e. The van der Waals surface area contributed by atoms with E-state index < -0.39 is 54.0 Å². The lowest BCUT2D eigenvalue weighted by molar-refractivity contribution is -0.145. The molecule has 0 aliphatic heterocycles. The van der Waals surface area contributed by atoms with Crippen LogP contribution in [0.25, 0.3) is 0 Å². The molecule has 0 aliphatic carbocycles. The van der Waals surface area contributed by atoms with Crippen LogP contribution in [-0.2, 0) is 25.6 Å². The monoisotopic (exact) mass is 468 g/mol. The summed E-state index contributed by atoms with van der Waals surface area (Å²) in [6.45, 7) is 4.66. The Balaban J connectivity index is 2.80. The number of aliphatic carboxylic acids is 1. The van der Waals surface area contributed by atoms with Crippen LogP contribution in [0.15, 0.2) is 30.3 Å². The molecule has 1 rings (SSSR count). The quantitative estimate of drug-likeness (QED) is 0.194. The summed E-state index contributed by atoms with van der Waals surface area (Å²) < 4.78 is 0. The van der Waals surface area contributed by atoms with E-state index in [-0.39, 0.29) is 18.1 Å². The summed E-state index contributed by atoms with van der Waals surface area (Å²) in [5, 5.41) is 25.9. The third-order valence-electron chi connectivity index (χ3n) is 4.74. The lowest BCUT2D eigenvalue weighted by atomic mass is 10.0. The molecule has 10 nitrogen and oxygen atoms in total. The van der Waals surface area contributed by atoms with E-state index in [1.807, 2.05) is 30.3 Å². The molecule has 5 unspecified atom stereocenters. The molecular formula is C21H32N4O6S. The van der Waals surface area contributed by atoms with E-state index in [0.717, 1.165) is 5.56 Å². The van der Waals surface area contributed by atoms with Crippen molar-refractivity contribution in [3.8, 4) is 0 Å². The number of hydrogen-bond acceptors (Lipinski definition) is 7. The summed E-state index contributed by atoms with van der Waals surface area (Å²) in [6, 6.07) is 4.62. The number of carboxylic acids is 1. The largest absolute Gasteiger partial charge is 0.480 e. The zero-order valence-electron chi connectivity index (χ0n) is 18.3. The maximum absolute atomic E-state index is 12.8. The van der Waals surface area contributed by atoms with Crippen molar-refractivity contribution in [3.63, 3.8) is 0 Å². The molecule has 0 aliphatic rings. The molecule has 0 radical (unpaired) electrons. The molecule has 3 amide bonds. The third-order valence-corrected chi connectivity index (χ3v) is 5.11. The lowest BCUT2D eigenvalue weighted by Gasteiger charge is -2.26. The minimum Gasteiger partial charge on any atom is -0.480 e. The molecule has 0 spiro atoms. The van der Waals surface area contributed by atoms with Gasteiger partial charge in [-0.2, -0.15) is 12.6 Å². The Hall–Kier alpha value is -2.63. The van der Waals surface area contributed by atoms with E-state index in [4.69, 9.17) is 10.8 Å². The second kappa shape index (κ2) is 13.0. The van der Waals surface area contributed by atoms with Gasteiger partial charge in [0.25, 0.3) is 0 Å². The van der Waals surface area contributed by atoms with Gasteiger partial charge in [0.05, 0.1) is 12.1 Å². The molecule has 0 saturated heterocycles. The van der Waals surface area contributed by atoms with Crippen molar-refractivity contribution >= 4 is 36.3 Å². The number of thiol groups is 1. The van der Waals surface area contributed by atoms with Gasteiger partial charge in [-0.05, 0) is 24.8 Å². The molecule has 0 aromatic heterocycles. The van der Waals surface area contributed by atoms with Gasteiger partial charge in [-0.25, -0.2) is 4.79 Å². The normalized spacial score (nSPS) is 15.7. The predicted octanol–water partition coefficient (Wildman–Crippen LogP) is -0.938. The van der Waals surface area contributed by atoms with Gasteiger partial charge in [-0.15, -0.1) is 0 Å². The van der Waals surface area contributed by atoms with Crippen LogP contribution >= 0.6 is 12.6 Å². The number of nitrogens with two attached hydrogens (primary N) is 1. The second-order valence-corrected chi connectivity index (χ2v) is 8.20. The molecule has 178 valence electrons. The van der Waals surface area contributed by atoms with Crippen LogP contribution in [0.4, 0.5) is 0 Å². The molecule has 7 N–H and O–H groups in total.